The first kappa shape index (κ1) is 14.7. The molecule has 0 N–H and O–H groups in total. The molecule has 0 fully saturated rings. The number of aromatic nitrogens is 2. The van der Waals surface area contributed by atoms with Crippen molar-refractivity contribution in [2.75, 3.05) is 0 Å². The Hall–Kier alpha value is -1.70. The highest BCUT2D eigenvalue weighted by Gasteiger charge is 2.18. The van der Waals surface area contributed by atoms with Crippen LogP contribution in [0.3, 0.4) is 0 Å². The van der Waals surface area contributed by atoms with Crippen LogP contribution in [0.4, 0.5) is 0 Å². The molecular formula is C18H24N2. The highest BCUT2D eigenvalue weighted by Crippen LogP contribution is 2.35. The Labute approximate surface area is 122 Å². The van der Waals surface area contributed by atoms with E-state index < -0.39 is 0 Å². The zero-order valence-corrected chi connectivity index (χ0v) is 13.9. The summed E-state index contributed by atoms with van der Waals surface area (Å²) in [5.41, 5.74) is 12.6. The van der Waals surface area contributed by atoms with Gasteiger partial charge in [-0.15, -0.1) is 5.10 Å². The molecule has 0 radical (unpaired) electrons. The monoisotopic (exact) mass is 268 g/mol. The van der Waals surface area contributed by atoms with Crippen LogP contribution in [-0.2, 0) is 0 Å². The smallest absolute Gasteiger partial charge is 0.0967 e. The van der Waals surface area contributed by atoms with Crippen LogP contribution in [0.5, 0.6) is 0 Å². The van der Waals surface area contributed by atoms with Gasteiger partial charge in [-0.1, -0.05) is 0 Å². The molecule has 2 aromatic rings. The summed E-state index contributed by atoms with van der Waals surface area (Å²) in [5.74, 6) is 0. The Balaban J connectivity index is 2.87. The second kappa shape index (κ2) is 5.01. The summed E-state index contributed by atoms with van der Waals surface area (Å²) in [4.78, 5) is 0. The molecule has 106 valence electrons. The third-order valence-electron chi connectivity index (χ3n) is 5.00. The van der Waals surface area contributed by atoms with Crippen LogP contribution in [0.15, 0.2) is 0 Å². The molecule has 0 atom stereocenters. The van der Waals surface area contributed by atoms with E-state index in [0.717, 1.165) is 11.4 Å². The van der Waals surface area contributed by atoms with E-state index in [4.69, 9.17) is 0 Å². The Morgan fingerprint density at radius 2 is 0.900 bits per heavy atom. The van der Waals surface area contributed by atoms with Gasteiger partial charge in [-0.3, -0.25) is 0 Å². The maximum atomic E-state index is 4.49. The molecule has 0 aliphatic carbocycles. The van der Waals surface area contributed by atoms with Crippen LogP contribution in [0, 0.1) is 55.4 Å². The minimum atomic E-state index is 1.02. The standard InChI is InChI=1S/C18H24N2/c1-9-10(2)13(5)17(14(6)11(9)3)18-15(7)12(4)16(8)19-20-18/h1-8H3. The third-order valence-corrected chi connectivity index (χ3v) is 5.00. The van der Waals surface area contributed by atoms with E-state index in [1.807, 2.05) is 6.92 Å². The van der Waals surface area contributed by atoms with Crippen LogP contribution >= 0.6 is 0 Å². The number of aryl methyl sites for hydroxylation is 1. The molecule has 2 rings (SSSR count). The van der Waals surface area contributed by atoms with Crippen molar-refractivity contribution in [2.24, 2.45) is 0 Å². The lowest BCUT2D eigenvalue weighted by atomic mass is 9.86. The fourth-order valence-electron chi connectivity index (χ4n) is 2.82. The number of hydrogen-bond acceptors (Lipinski definition) is 2. The van der Waals surface area contributed by atoms with E-state index in [0.29, 0.717) is 0 Å². The lowest BCUT2D eigenvalue weighted by molar-refractivity contribution is 0.947. The quantitative estimate of drug-likeness (QED) is 0.754. The minimum Gasteiger partial charge on any atom is -0.155 e. The second-order valence-electron chi connectivity index (χ2n) is 5.88. The molecular weight excluding hydrogens is 244 g/mol. The van der Waals surface area contributed by atoms with Gasteiger partial charge in [-0.05, 0) is 94.3 Å². The predicted molar refractivity (Wildman–Crippen MR) is 85.4 cm³/mol. The number of nitrogens with zero attached hydrogens (tertiary/aromatic N) is 2. The maximum Gasteiger partial charge on any atom is 0.0967 e. The van der Waals surface area contributed by atoms with Crippen molar-refractivity contribution in [3.05, 3.63) is 44.6 Å². The zero-order chi connectivity index (χ0) is 15.2. The van der Waals surface area contributed by atoms with Gasteiger partial charge in [-0.25, -0.2) is 0 Å². The molecule has 0 saturated carbocycles. The predicted octanol–water partition coefficient (Wildman–Crippen LogP) is 4.61. The Bertz CT molecular complexity index is 668. The molecule has 0 amide bonds. The summed E-state index contributed by atoms with van der Waals surface area (Å²) in [6, 6.07) is 0. The van der Waals surface area contributed by atoms with Gasteiger partial charge in [-0.2, -0.15) is 5.10 Å². The number of rotatable bonds is 1. The molecule has 0 aliphatic rings. The van der Waals surface area contributed by atoms with Crippen LogP contribution in [0.2, 0.25) is 0 Å². The molecule has 0 aliphatic heterocycles. The topological polar surface area (TPSA) is 25.8 Å². The SMILES string of the molecule is Cc1nnc(-c2c(C)c(C)c(C)c(C)c2C)c(C)c1C. The summed E-state index contributed by atoms with van der Waals surface area (Å²) in [5, 5.41) is 8.82. The molecule has 0 bridgehead atoms. The van der Waals surface area contributed by atoms with Crippen molar-refractivity contribution < 1.29 is 0 Å². The number of hydrogen-bond donors (Lipinski definition) is 0. The van der Waals surface area contributed by atoms with Gasteiger partial charge in [0.15, 0.2) is 0 Å². The summed E-state index contributed by atoms with van der Waals surface area (Å²) < 4.78 is 0. The lowest BCUT2D eigenvalue weighted by Gasteiger charge is -2.20. The van der Waals surface area contributed by atoms with Gasteiger partial charge in [0.2, 0.25) is 0 Å². The van der Waals surface area contributed by atoms with Gasteiger partial charge in [0.25, 0.3) is 0 Å². The van der Waals surface area contributed by atoms with Crippen LogP contribution in [-0.4, -0.2) is 10.2 Å². The van der Waals surface area contributed by atoms with Gasteiger partial charge in [0.1, 0.15) is 0 Å². The average molecular weight is 268 g/mol. The first-order valence-corrected chi connectivity index (χ1v) is 7.15. The van der Waals surface area contributed by atoms with Gasteiger partial charge >= 0.3 is 0 Å². The van der Waals surface area contributed by atoms with Crippen LogP contribution in [0.1, 0.15) is 44.6 Å². The summed E-state index contributed by atoms with van der Waals surface area (Å²) >= 11 is 0. The van der Waals surface area contributed by atoms with Crippen molar-refractivity contribution >= 4 is 0 Å². The molecule has 0 spiro atoms. The van der Waals surface area contributed by atoms with Crippen LogP contribution < -0.4 is 0 Å². The second-order valence-corrected chi connectivity index (χ2v) is 5.88. The highest BCUT2D eigenvalue weighted by atomic mass is 15.1. The Kier molecular flexibility index (Phi) is 3.68. The Morgan fingerprint density at radius 3 is 1.40 bits per heavy atom. The maximum absolute atomic E-state index is 4.49. The summed E-state index contributed by atoms with van der Waals surface area (Å²) in [7, 11) is 0. The third kappa shape index (κ3) is 2.04. The van der Waals surface area contributed by atoms with E-state index in [2.05, 4.69) is 58.7 Å². The lowest BCUT2D eigenvalue weighted by Crippen LogP contribution is -2.05. The van der Waals surface area contributed by atoms with E-state index in [9.17, 15) is 0 Å². The fourth-order valence-corrected chi connectivity index (χ4v) is 2.82. The molecule has 0 saturated heterocycles. The average Bonchev–Trinajstić information content (AvgIpc) is 2.43. The van der Waals surface area contributed by atoms with Gasteiger partial charge in [0, 0.05) is 5.56 Å². The minimum absolute atomic E-state index is 1.02. The van der Waals surface area contributed by atoms with E-state index in [1.165, 1.54) is 44.5 Å². The van der Waals surface area contributed by atoms with Gasteiger partial charge in [0.05, 0.1) is 11.4 Å². The normalized spacial score (nSPS) is 11.0. The van der Waals surface area contributed by atoms with E-state index in [1.54, 1.807) is 0 Å². The van der Waals surface area contributed by atoms with Crippen LogP contribution in [0.25, 0.3) is 11.3 Å². The van der Waals surface area contributed by atoms with E-state index >= 15 is 0 Å². The van der Waals surface area contributed by atoms with Gasteiger partial charge < -0.3 is 0 Å². The Morgan fingerprint density at radius 1 is 0.450 bits per heavy atom. The zero-order valence-electron chi connectivity index (χ0n) is 13.9. The fraction of sp³-hybridized carbons (Fsp3) is 0.444. The molecule has 2 nitrogen and oxygen atoms in total. The summed E-state index contributed by atoms with van der Waals surface area (Å²) in [6.07, 6.45) is 0. The van der Waals surface area contributed by atoms with Crippen molar-refractivity contribution in [2.45, 2.75) is 55.4 Å². The largest absolute Gasteiger partial charge is 0.155 e. The molecule has 0 unspecified atom stereocenters. The van der Waals surface area contributed by atoms with Crippen molar-refractivity contribution in [1.82, 2.24) is 10.2 Å². The first-order valence-electron chi connectivity index (χ1n) is 7.15. The highest BCUT2D eigenvalue weighted by molar-refractivity contribution is 5.74. The van der Waals surface area contributed by atoms with Crippen molar-refractivity contribution in [1.29, 1.82) is 0 Å². The molecule has 20 heavy (non-hydrogen) atoms. The number of benzene rings is 1. The first-order chi connectivity index (χ1) is 9.27. The molecule has 1 aromatic heterocycles. The molecule has 2 heteroatoms. The molecule has 1 heterocycles. The van der Waals surface area contributed by atoms with Crippen molar-refractivity contribution in [3.63, 3.8) is 0 Å². The summed E-state index contributed by atoms with van der Waals surface area (Å²) in [6.45, 7) is 17.3. The van der Waals surface area contributed by atoms with E-state index in [-0.39, 0.29) is 0 Å². The molecule has 1 aromatic carbocycles. The van der Waals surface area contributed by atoms with Crippen molar-refractivity contribution in [3.8, 4) is 11.3 Å².